The Hall–Kier alpha value is -3.55. The Kier molecular flexibility index (Phi) is 9.18. The maximum atomic E-state index is 11.9. The highest BCUT2D eigenvalue weighted by Gasteiger charge is 2.09. The van der Waals surface area contributed by atoms with Crippen LogP contribution in [-0.2, 0) is 16.0 Å². The molecule has 2 aromatic carbocycles. The summed E-state index contributed by atoms with van der Waals surface area (Å²) >= 11 is 0. The summed E-state index contributed by atoms with van der Waals surface area (Å²) in [6, 6.07) is 12.8. The molecule has 8 heteroatoms. The van der Waals surface area contributed by atoms with Crippen molar-refractivity contribution in [3.8, 4) is 17.2 Å². The molecule has 0 aliphatic rings. The third-order valence-electron chi connectivity index (χ3n) is 4.10. The van der Waals surface area contributed by atoms with Crippen LogP contribution in [0.1, 0.15) is 24.5 Å². The topological polar surface area (TPSA) is 98.2 Å². The van der Waals surface area contributed by atoms with E-state index < -0.39 is 5.91 Å². The average molecular weight is 413 g/mol. The zero-order valence-corrected chi connectivity index (χ0v) is 17.4. The summed E-state index contributed by atoms with van der Waals surface area (Å²) in [5, 5.41) is 6.58. The quantitative estimate of drug-likeness (QED) is 0.335. The van der Waals surface area contributed by atoms with E-state index in [9.17, 15) is 9.59 Å². The predicted molar refractivity (Wildman–Crippen MR) is 114 cm³/mol. The third kappa shape index (κ3) is 7.46. The molecule has 0 aliphatic carbocycles. The minimum Gasteiger partial charge on any atom is -0.494 e. The number of nitrogens with one attached hydrogen (secondary N) is 2. The Morgan fingerprint density at radius 3 is 2.40 bits per heavy atom. The number of hydrazone groups is 1. The molecule has 0 heterocycles. The normalized spacial score (nSPS) is 10.5. The molecule has 0 fully saturated rings. The van der Waals surface area contributed by atoms with Crippen LogP contribution in [-0.4, -0.2) is 45.4 Å². The fourth-order valence-corrected chi connectivity index (χ4v) is 2.63. The summed E-state index contributed by atoms with van der Waals surface area (Å²) in [6.07, 6.45) is 1.80. The molecule has 0 spiro atoms. The van der Waals surface area contributed by atoms with Gasteiger partial charge in [0, 0.05) is 6.54 Å². The molecular weight excluding hydrogens is 386 g/mol. The monoisotopic (exact) mass is 413 g/mol. The number of methoxy groups -OCH3 is 2. The molecule has 160 valence electrons. The lowest BCUT2D eigenvalue weighted by Gasteiger charge is -2.10. The molecule has 0 saturated carbocycles. The molecule has 2 amide bonds. The van der Waals surface area contributed by atoms with E-state index in [1.165, 1.54) is 6.21 Å². The Labute approximate surface area is 176 Å². The lowest BCUT2D eigenvalue weighted by atomic mass is 10.1. The van der Waals surface area contributed by atoms with Gasteiger partial charge in [-0.1, -0.05) is 6.07 Å². The lowest BCUT2D eigenvalue weighted by molar-refractivity contribution is -0.129. The van der Waals surface area contributed by atoms with Crippen molar-refractivity contribution in [2.45, 2.75) is 19.8 Å². The predicted octanol–water partition coefficient (Wildman–Crippen LogP) is 2.30. The number of rotatable bonds is 11. The van der Waals surface area contributed by atoms with E-state index in [4.69, 9.17) is 14.2 Å². The third-order valence-corrected chi connectivity index (χ3v) is 4.10. The van der Waals surface area contributed by atoms with Crippen LogP contribution in [0.4, 0.5) is 0 Å². The fraction of sp³-hybridized carbons (Fsp3) is 0.318. The first-order valence-electron chi connectivity index (χ1n) is 9.58. The molecule has 2 rings (SSSR count). The number of benzene rings is 2. The first kappa shape index (κ1) is 22.7. The first-order valence-corrected chi connectivity index (χ1v) is 9.58. The Balaban J connectivity index is 1.71. The number of hydrogen-bond donors (Lipinski definition) is 2. The molecule has 30 heavy (non-hydrogen) atoms. The molecule has 2 N–H and O–H groups in total. The van der Waals surface area contributed by atoms with Gasteiger partial charge in [0.15, 0.2) is 11.5 Å². The van der Waals surface area contributed by atoms with Crippen LogP contribution in [0.15, 0.2) is 47.6 Å². The summed E-state index contributed by atoms with van der Waals surface area (Å²) in [6.45, 7) is 2.91. The summed E-state index contributed by atoms with van der Waals surface area (Å²) in [4.78, 5) is 23.8. The molecule has 0 saturated heterocycles. The van der Waals surface area contributed by atoms with Crippen LogP contribution >= 0.6 is 0 Å². The smallest absolute Gasteiger partial charge is 0.249 e. The highest BCUT2D eigenvalue weighted by atomic mass is 16.5. The van der Waals surface area contributed by atoms with Crippen molar-refractivity contribution in [1.29, 1.82) is 0 Å². The number of carbonyl (C=O) groups is 2. The van der Waals surface area contributed by atoms with E-state index >= 15 is 0 Å². The van der Waals surface area contributed by atoms with E-state index in [0.29, 0.717) is 31.1 Å². The lowest BCUT2D eigenvalue weighted by Crippen LogP contribution is -2.31. The number of hydrogen-bond acceptors (Lipinski definition) is 6. The van der Waals surface area contributed by atoms with Crippen molar-refractivity contribution in [2.24, 2.45) is 5.10 Å². The number of ether oxygens (including phenoxy) is 3. The summed E-state index contributed by atoms with van der Waals surface area (Å²) < 4.78 is 15.8. The molecule has 0 bridgehead atoms. The van der Waals surface area contributed by atoms with Crippen LogP contribution in [0.3, 0.4) is 0 Å². The number of carbonyl (C=O) groups excluding carboxylic acids is 2. The molecule has 0 aliphatic heterocycles. The van der Waals surface area contributed by atoms with E-state index in [1.807, 2.05) is 49.4 Å². The maximum absolute atomic E-state index is 11.9. The summed E-state index contributed by atoms with van der Waals surface area (Å²) in [5.74, 6) is 1.19. The zero-order valence-electron chi connectivity index (χ0n) is 17.4. The second-order valence-corrected chi connectivity index (χ2v) is 6.26. The van der Waals surface area contributed by atoms with Gasteiger partial charge in [0.2, 0.25) is 11.8 Å². The van der Waals surface area contributed by atoms with Crippen LogP contribution < -0.4 is 25.0 Å². The second-order valence-electron chi connectivity index (χ2n) is 6.26. The van der Waals surface area contributed by atoms with Gasteiger partial charge in [-0.15, -0.1) is 0 Å². The summed E-state index contributed by atoms with van der Waals surface area (Å²) in [7, 11) is 3.14. The van der Waals surface area contributed by atoms with Gasteiger partial charge in [-0.05, 0) is 60.9 Å². The zero-order chi connectivity index (χ0) is 21.8. The van der Waals surface area contributed by atoms with Crippen molar-refractivity contribution in [1.82, 2.24) is 10.7 Å². The van der Waals surface area contributed by atoms with Crippen LogP contribution in [0.25, 0.3) is 0 Å². The van der Waals surface area contributed by atoms with E-state index in [2.05, 4.69) is 15.8 Å². The highest BCUT2D eigenvalue weighted by molar-refractivity contribution is 5.97. The number of amides is 2. The minimum atomic E-state index is -0.485. The van der Waals surface area contributed by atoms with Gasteiger partial charge in [-0.25, -0.2) is 5.43 Å². The molecule has 0 radical (unpaired) electrons. The molecule has 8 nitrogen and oxygen atoms in total. The van der Waals surface area contributed by atoms with E-state index in [-0.39, 0.29) is 12.3 Å². The van der Waals surface area contributed by atoms with Crippen LogP contribution in [0, 0.1) is 0 Å². The first-order chi connectivity index (χ1) is 14.5. The molecular formula is C22H27N3O5. The van der Waals surface area contributed by atoms with E-state index in [0.717, 1.165) is 16.9 Å². The molecule has 0 aromatic heterocycles. The Morgan fingerprint density at radius 1 is 1.00 bits per heavy atom. The second kappa shape index (κ2) is 12.1. The van der Waals surface area contributed by atoms with Gasteiger partial charge >= 0.3 is 0 Å². The number of nitrogens with zero attached hydrogens (tertiary/aromatic N) is 1. The Morgan fingerprint density at radius 2 is 1.73 bits per heavy atom. The van der Waals surface area contributed by atoms with Crippen molar-refractivity contribution in [3.05, 3.63) is 53.6 Å². The largest absolute Gasteiger partial charge is 0.494 e. The average Bonchev–Trinajstić information content (AvgIpc) is 2.75. The van der Waals surface area contributed by atoms with Crippen molar-refractivity contribution in [3.63, 3.8) is 0 Å². The van der Waals surface area contributed by atoms with E-state index in [1.54, 1.807) is 14.2 Å². The van der Waals surface area contributed by atoms with Gasteiger partial charge < -0.3 is 19.5 Å². The highest BCUT2D eigenvalue weighted by Crippen LogP contribution is 2.27. The van der Waals surface area contributed by atoms with Gasteiger partial charge in [-0.2, -0.15) is 5.10 Å². The van der Waals surface area contributed by atoms with Gasteiger partial charge in [0.1, 0.15) is 12.2 Å². The summed E-state index contributed by atoms with van der Waals surface area (Å²) in [5.41, 5.74) is 4.13. The standard InChI is InChI=1S/C22H27N3O5/c1-4-30-18-8-5-17(6-9-18)15-24-25-22(27)14-21(26)23-12-11-16-7-10-19(28-2)20(13-16)29-3/h5-10,13,15H,4,11-12,14H2,1-3H3,(H,23,26)(H,25,27)/b24-15+. The maximum Gasteiger partial charge on any atom is 0.249 e. The molecule has 0 unspecified atom stereocenters. The molecule has 0 atom stereocenters. The Bertz CT molecular complexity index is 866. The van der Waals surface area contributed by atoms with Gasteiger partial charge in [0.05, 0.1) is 27.0 Å². The van der Waals surface area contributed by atoms with Crippen LogP contribution in [0.5, 0.6) is 17.2 Å². The van der Waals surface area contributed by atoms with Crippen molar-refractivity contribution in [2.75, 3.05) is 27.4 Å². The molecule has 2 aromatic rings. The fourth-order valence-electron chi connectivity index (χ4n) is 2.63. The van der Waals surface area contributed by atoms with Crippen molar-refractivity contribution < 1.29 is 23.8 Å². The minimum absolute atomic E-state index is 0.299. The van der Waals surface area contributed by atoms with Crippen molar-refractivity contribution >= 4 is 18.0 Å². The van der Waals surface area contributed by atoms with Crippen LogP contribution in [0.2, 0.25) is 0 Å². The van der Waals surface area contributed by atoms with Gasteiger partial charge in [-0.3, -0.25) is 9.59 Å². The SMILES string of the molecule is CCOc1ccc(/C=N/NC(=O)CC(=O)NCCc2ccc(OC)c(OC)c2)cc1. The van der Waals surface area contributed by atoms with Gasteiger partial charge in [0.25, 0.3) is 0 Å².